The van der Waals surface area contributed by atoms with E-state index in [-0.39, 0.29) is 23.5 Å². The SMILES string of the molecule is O=C1OCC(=Nc2cc(Cl)cc(Cl)c2)/C1=C(\O)C(=O)c1ccc(Cl)cc1. The molecule has 0 amide bonds. The number of aliphatic hydroxyl groups excluding tert-OH is 1. The molecule has 1 heterocycles. The summed E-state index contributed by atoms with van der Waals surface area (Å²) in [5, 5.41) is 11.5. The molecular formula is C18H10Cl3NO4. The van der Waals surface area contributed by atoms with E-state index in [1.54, 1.807) is 0 Å². The number of aliphatic hydroxyl groups is 1. The third kappa shape index (κ3) is 3.90. The average molecular weight is 411 g/mol. The average Bonchev–Trinajstić information content (AvgIpc) is 2.93. The second-order valence-electron chi connectivity index (χ2n) is 5.32. The van der Waals surface area contributed by atoms with Crippen LogP contribution in [-0.4, -0.2) is 29.2 Å². The van der Waals surface area contributed by atoms with E-state index in [9.17, 15) is 14.7 Å². The van der Waals surface area contributed by atoms with Gasteiger partial charge in [0.05, 0.1) is 11.4 Å². The smallest absolute Gasteiger partial charge is 0.344 e. The van der Waals surface area contributed by atoms with Gasteiger partial charge in [-0.05, 0) is 42.5 Å². The highest BCUT2D eigenvalue weighted by Crippen LogP contribution is 2.27. The van der Waals surface area contributed by atoms with Crippen LogP contribution in [0.2, 0.25) is 15.1 Å². The van der Waals surface area contributed by atoms with E-state index < -0.39 is 17.5 Å². The van der Waals surface area contributed by atoms with Crippen LogP contribution in [0.25, 0.3) is 0 Å². The summed E-state index contributed by atoms with van der Waals surface area (Å²) < 4.78 is 4.91. The highest BCUT2D eigenvalue weighted by Gasteiger charge is 2.33. The molecule has 5 nitrogen and oxygen atoms in total. The Labute approximate surface area is 163 Å². The van der Waals surface area contributed by atoms with Gasteiger partial charge < -0.3 is 9.84 Å². The van der Waals surface area contributed by atoms with E-state index in [1.807, 2.05) is 0 Å². The zero-order chi connectivity index (χ0) is 18.8. The Bertz CT molecular complexity index is 945. The number of cyclic esters (lactones) is 1. The van der Waals surface area contributed by atoms with Crippen LogP contribution < -0.4 is 0 Å². The normalized spacial score (nSPS) is 17.3. The topological polar surface area (TPSA) is 76.0 Å². The fraction of sp³-hybridized carbons (Fsp3) is 0.0556. The van der Waals surface area contributed by atoms with Crippen molar-refractivity contribution in [2.45, 2.75) is 0 Å². The standard InChI is InChI=1S/C18H10Cl3NO4/c19-10-3-1-9(2-4-10)16(23)17(24)15-14(8-26-18(15)25)22-13-6-11(20)5-12(21)7-13/h1-7,24H,8H2/b17-15+,22-14?. The Kier molecular flexibility index (Phi) is 5.32. The van der Waals surface area contributed by atoms with Crippen molar-refractivity contribution in [3.63, 3.8) is 0 Å². The summed E-state index contributed by atoms with van der Waals surface area (Å²) in [7, 11) is 0. The number of aliphatic imine (C=N–C) groups is 1. The predicted octanol–water partition coefficient (Wildman–Crippen LogP) is 4.97. The maximum absolute atomic E-state index is 12.4. The van der Waals surface area contributed by atoms with Crippen molar-refractivity contribution in [1.82, 2.24) is 0 Å². The van der Waals surface area contributed by atoms with Crippen molar-refractivity contribution in [3.05, 3.63) is 74.4 Å². The quantitative estimate of drug-likeness (QED) is 0.335. The van der Waals surface area contributed by atoms with Crippen LogP contribution in [0.4, 0.5) is 5.69 Å². The Morgan fingerprint density at radius 1 is 1.00 bits per heavy atom. The van der Waals surface area contributed by atoms with Crippen molar-refractivity contribution in [2.75, 3.05) is 6.61 Å². The number of benzene rings is 2. The van der Waals surface area contributed by atoms with Crippen LogP contribution >= 0.6 is 34.8 Å². The van der Waals surface area contributed by atoms with Crippen molar-refractivity contribution < 1.29 is 19.4 Å². The first-order chi connectivity index (χ1) is 12.3. The number of Topliss-reactive ketones (excluding diaryl/α,β-unsaturated/α-hetero) is 1. The van der Waals surface area contributed by atoms with Gasteiger partial charge in [-0.2, -0.15) is 0 Å². The zero-order valence-corrected chi connectivity index (χ0v) is 15.3. The monoisotopic (exact) mass is 409 g/mol. The molecule has 1 saturated heterocycles. The molecule has 0 aliphatic carbocycles. The van der Waals surface area contributed by atoms with Gasteiger partial charge in [-0.1, -0.05) is 34.8 Å². The molecule has 0 unspecified atom stereocenters. The largest absolute Gasteiger partial charge is 0.503 e. The fourth-order valence-electron chi connectivity index (χ4n) is 2.33. The number of esters is 1. The lowest BCUT2D eigenvalue weighted by Crippen LogP contribution is -2.13. The summed E-state index contributed by atoms with van der Waals surface area (Å²) >= 11 is 17.6. The van der Waals surface area contributed by atoms with Gasteiger partial charge in [0.15, 0.2) is 5.76 Å². The van der Waals surface area contributed by atoms with Gasteiger partial charge in [0.1, 0.15) is 12.2 Å². The summed E-state index contributed by atoms with van der Waals surface area (Å²) in [4.78, 5) is 28.7. The van der Waals surface area contributed by atoms with Gasteiger partial charge in [-0.3, -0.25) is 4.79 Å². The molecule has 1 N–H and O–H groups in total. The Balaban J connectivity index is 2.03. The Hall–Kier alpha value is -2.34. The lowest BCUT2D eigenvalue weighted by molar-refractivity contribution is -0.135. The number of halogens is 3. The van der Waals surface area contributed by atoms with Gasteiger partial charge in [-0.15, -0.1) is 0 Å². The minimum absolute atomic E-state index is 0.105. The number of rotatable bonds is 3. The highest BCUT2D eigenvalue weighted by molar-refractivity contribution is 6.35. The predicted molar refractivity (Wildman–Crippen MR) is 100.0 cm³/mol. The van der Waals surface area contributed by atoms with Crippen molar-refractivity contribution in [3.8, 4) is 0 Å². The molecule has 0 saturated carbocycles. The lowest BCUT2D eigenvalue weighted by Gasteiger charge is -2.04. The van der Waals surface area contributed by atoms with Crippen molar-refractivity contribution in [1.29, 1.82) is 0 Å². The minimum atomic E-state index is -0.836. The molecule has 2 aromatic carbocycles. The Morgan fingerprint density at radius 2 is 1.62 bits per heavy atom. The molecule has 8 heteroatoms. The van der Waals surface area contributed by atoms with Gasteiger partial charge in [0.2, 0.25) is 5.78 Å². The third-order valence-electron chi connectivity index (χ3n) is 3.50. The van der Waals surface area contributed by atoms with Crippen LogP contribution in [-0.2, 0) is 9.53 Å². The summed E-state index contributed by atoms with van der Waals surface area (Å²) in [6.45, 7) is -0.184. The van der Waals surface area contributed by atoms with Crippen LogP contribution in [0.5, 0.6) is 0 Å². The van der Waals surface area contributed by atoms with Gasteiger partial charge >= 0.3 is 5.97 Å². The van der Waals surface area contributed by atoms with Crippen molar-refractivity contribution in [2.24, 2.45) is 4.99 Å². The first kappa shape index (κ1) is 18.5. The maximum Gasteiger partial charge on any atom is 0.344 e. The number of ketones is 1. The molecule has 3 rings (SSSR count). The van der Waals surface area contributed by atoms with Crippen LogP contribution in [0, 0.1) is 0 Å². The highest BCUT2D eigenvalue weighted by atomic mass is 35.5. The molecule has 1 fully saturated rings. The summed E-state index contributed by atoms with van der Waals surface area (Å²) in [5.41, 5.74) is 0.346. The number of allylic oxidation sites excluding steroid dienone is 1. The molecule has 26 heavy (non-hydrogen) atoms. The number of carbonyl (C=O) groups is 2. The van der Waals surface area contributed by atoms with Gasteiger partial charge in [0.25, 0.3) is 0 Å². The van der Waals surface area contributed by atoms with Crippen LogP contribution in [0.3, 0.4) is 0 Å². The first-order valence-electron chi connectivity index (χ1n) is 7.30. The summed E-state index contributed by atoms with van der Waals surface area (Å²) in [5.74, 6) is -2.33. The summed E-state index contributed by atoms with van der Waals surface area (Å²) in [6, 6.07) is 10.5. The van der Waals surface area contributed by atoms with E-state index in [0.29, 0.717) is 20.8 Å². The van der Waals surface area contributed by atoms with E-state index in [2.05, 4.69) is 4.99 Å². The molecule has 2 aromatic rings. The second kappa shape index (κ2) is 7.50. The maximum atomic E-state index is 12.4. The van der Waals surface area contributed by atoms with Crippen molar-refractivity contribution >= 4 is 58.0 Å². The van der Waals surface area contributed by atoms with Gasteiger partial charge in [-0.25, -0.2) is 9.79 Å². The second-order valence-corrected chi connectivity index (χ2v) is 6.63. The molecule has 0 radical (unpaired) electrons. The van der Waals surface area contributed by atoms with E-state index in [1.165, 1.54) is 42.5 Å². The molecule has 0 bridgehead atoms. The molecule has 0 aromatic heterocycles. The first-order valence-corrected chi connectivity index (χ1v) is 8.43. The molecular weight excluding hydrogens is 401 g/mol. The van der Waals surface area contributed by atoms with Gasteiger partial charge in [0, 0.05) is 20.6 Å². The number of carbonyl (C=O) groups excluding carboxylic acids is 2. The number of hydrogen-bond acceptors (Lipinski definition) is 5. The molecule has 1 aliphatic heterocycles. The van der Waals surface area contributed by atoms with Crippen LogP contribution in [0.1, 0.15) is 10.4 Å². The van der Waals surface area contributed by atoms with E-state index in [4.69, 9.17) is 39.5 Å². The Morgan fingerprint density at radius 3 is 2.23 bits per heavy atom. The molecule has 132 valence electrons. The number of hydrogen-bond donors (Lipinski definition) is 1. The fourth-order valence-corrected chi connectivity index (χ4v) is 2.97. The number of ether oxygens (including phenoxy) is 1. The van der Waals surface area contributed by atoms with E-state index >= 15 is 0 Å². The lowest BCUT2D eigenvalue weighted by atomic mass is 10.0. The molecule has 0 atom stereocenters. The summed E-state index contributed by atoms with van der Waals surface area (Å²) in [6.07, 6.45) is 0. The van der Waals surface area contributed by atoms with E-state index in [0.717, 1.165) is 0 Å². The van der Waals surface area contributed by atoms with Crippen LogP contribution in [0.15, 0.2) is 58.8 Å². The minimum Gasteiger partial charge on any atom is -0.503 e. The zero-order valence-electron chi connectivity index (χ0n) is 13.0. The molecule has 1 aliphatic rings. The molecule has 0 spiro atoms. The number of nitrogens with zero attached hydrogens (tertiary/aromatic N) is 1. The third-order valence-corrected chi connectivity index (χ3v) is 4.19.